The maximum Gasteiger partial charge on any atom is 0.254 e. The summed E-state index contributed by atoms with van der Waals surface area (Å²) in [4.78, 5) is 61.9. The van der Waals surface area contributed by atoms with Gasteiger partial charge in [-0.05, 0) is 98.5 Å². The maximum atomic E-state index is 14.3. The number of nitrogens with one attached hydrogen (secondary N) is 3. The highest BCUT2D eigenvalue weighted by Gasteiger charge is 2.48. The molecule has 4 amide bonds. The van der Waals surface area contributed by atoms with Crippen molar-refractivity contribution in [3.8, 4) is 11.5 Å². The van der Waals surface area contributed by atoms with Crippen LogP contribution >= 0.6 is 11.6 Å². The quantitative estimate of drug-likeness (QED) is 0.167. The third-order valence-corrected chi connectivity index (χ3v) is 10.7. The van der Waals surface area contributed by atoms with Gasteiger partial charge in [0, 0.05) is 60.9 Å². The number of ether oxygens (including phenoxy) is 2. The van der Waals surface area contributed by atoms with Crippen LogP contribution in [0.15, 0.2) is 66.9 Å². The Bertz CT molecular complexity index is 2000. The first kappa shape index (κ1) is 38.6. The number of halogens is 2. The number of amides is 4. The van der Waals surface area contributed by atoms with Crippen LogP contribution in [-0.2, 0) is 27.2 Å². The SMILES string of the molecule is CNC(=O)[C@H](CCCc1ccc(F)cc1)NC(=O)C1CN(C(=O)Cc2c[nH]c3cc(Cl)ccc23)CC2CN(C(=O)c3ccc(OC(C)C)c(OC)c3)CC21. The fourth-order valence-electron chi connectivity index (χ4n) is 7.72. The summed E-state index contributed by atoms with van der Waals surface area (Å²) in [5.74, 6) is -1.46. The second kappa shape index (κ2) is 16.9. The number of aromatic nitrogens is 1. The van der Waals surface area contributed by atoms with Crippen LogP contribution in [-0.4, -0.2) is 90.9 Å². The van der Waals surface area contributed by atoms with E-state index in [1.807, 2.05) is 26.0 Å². The fraction of sp³-hybridized carbons (Fsp3) is 0.415. The lowest BCUT2D eigenvalue weighted by atomic mass is 9.79. The van der Waals surface area contributed by atoms with Crippen molar-refractivity contribution < 1.29 is 33.0 Å². The molecule has 3 aromatic carbocycles. The summed E-state index contributed by atoms with van der Waals surface area (Å²) >= 11 is 6.18. The predicted octanol–water partition coefficient (Wildman–Crippen LogP) is 5.40. The molecule has 0 radical (unpaired) electrons. The fourth-order valence-corrected chi connectivity index (χ4v) is 7.89. The van der Waals surface area contributed by atoms with Crippen molar-refractivity contribution in [2.45, 2.75) is 51.7 Å². The van der Waals surface area contributed by atoms with Gasteiger partial charge in [-0.3, -0.25) is 19.2 Å². The number of fused-ring (bicyclic) bond motifs is 2. The van der Waals surface area contributed by atoms with Gasteiger partial charge in [-0.25, -0.2) is 4.39 Å². The van der Waals surface area contributed by atoms with E-state index in [4.69, 9.17) is 21.1 Å². The Morgan fingerprint density at radius 1 is 0.963 bits per heavy atom. The number of carbonyl (C=O) groups is 4. The minimum atomic E-state index is -0.816. The highest BCUT2D eigenvalue weighted by Crippen LogP contribution is 2.38. The van der Waals surface area contributed by atoms with Gasteiger partial charge in [-0.15, -0.1) is 0 Å². The van der Waals surface area contributed by atoms with E-state index in [1.54, 1.807) is 52.4 Å². The molecule has 54 heavy (non-hydrogen) atoms. The minimum absolute atomic E-state index is 0.0804. The Hall–Kier alpha value is -5.10. The zero-order chi connectivity index (χ0) is 38.5. The van der Waals surface area contributed by atoms with E-state index in [9.17, 15) is 23.6 Å². The largest absolute Gasteiger partial charge is 0.493 e. The number of nitrogens with zero attached hydrogens (tertiary/aromatic N) is 2. The van der Waals surface area contributed by atoms with Crippen LogP contribution < -0.4 is 20.1 Å². The molecule has 1 aromatic heterocycles. The van der Waals surface area contributed by atoms with Crippen LogP contribution in [0.4, 0.5) is 4.39 Å². The van der Waals surface area contributed by atoms with Crippen LogP contribution in [0.25, 0.3) is 10.9 Å². The summed E-state index contributed by atoms with van der Waals surface area (Å²) < 4.78 is 24.8. The molecular formula is C41H47ClFN5O6. The zero-order valence-electron chi connectivity index (χ0n) is 31.0. The second-order valence-corrected chi connectivity index (χ2v) is 14.9. The zero-order valence-corrected chi connectivity index (χ0v) is 31.8. The summed E-state index contributed by atoms with van der Waals surface area (Å²) in [7, 11) is 3.05. The Morgan fingerprint density at radius 2 is 1.72 bits per heavy atom. The number of benzene rings is 3. The number of aryl methyl sites for hydroxylation is 1. The Kier molecular flexibility index (Phi) is 12.1. The number of aromatic amines is 1. The number of hydrogen-bond acceptors (Lipinski definition) is 6. The molecule has 0 bridgehead atoms. The molecule has 3 heterocycles. The maximum absolute atomic E-state index is 14.3. The number of rotatable bonds is 13. The number of likely N-dealkylation sites (N-methyl/N-ethyl adjacent to an activating group) is 1. The monoisotopic (exact) mass is 759 g/mol. The van der Waals surface area contributed by atoms with E-state index in [-0.39, 0.29) is 60.4 Å². The summed E-state index contributed by atoms with van der Waals surface area (Å²) in [6.07, 6.45) is 3.38. The third-order valence-electron chi connectivity index (χ3n) is 10.5. The highest BCUT2D eigenvalue weighted by atomic mass is 35.5. The molecule has 6 rings (SSSR count). The number of carbonyl (C=O) groups excluding carboxylic acids is 4. The smallest absolute Gasteiger partial charge is 0.254 e. The average Bonchev–Trinajstić information content (AvgIpc) is 3.77. The Labute approximate surface area is 319 Å². The highest BCUT2D eigenvalue weighted by molar-refractivity contribution is 6.31. The van der Waals surface area contributed by atoms with Crippen molar-refractivity contribution in [3.05, 3.63) is 94.4 Å². The van der Waals surface area contributed by atoms with Gasteiger partial charge in [-0.2, -0.15) is 0 Å². The number of likely N-dealkylation sites (tertiary alicyclic amines) is 2. The van der Waals surface area contributed by atoms with Crippen molar-refractivity contribution >= 4 is 46.1 Å². The molecule has 3 N–H and O–H groups in total. The lowest BCUT2D eigenvalue weighted by Gasteiger charge is -2.40. The molecule has 0 saturated carbocycles. The third kappa shape index (κ3) is 8.81. The Balaban J connectivity index is 1.22. The van der Waals surface area contributed by atoms with Crippen molar-refractivity contribution in [1.82, 2.24) is 25.4 Å². The van der Waals surface area contributed by atoms with Gasteiger partial charge in [0.05, 0.1) is 25.6 Å². The summed E-state index contributed by atoms with van der Waals surface area (Å²) in [5, 5.41) is 7.13. The summed E-state index contributed by atoms with van der Waals surface area (Å²) in [6.45, 7) is 5.01. The van der Waals surface area contributed by atoms with Crippen molar-refractivity contribution in [1.29, 1.82) is 0 Å². The first-order chi connectivity index (χ1) is 25.9. The molecule has 0 spiro atoms. The van der Waals surface area contributed by atoms with Gasteiger partial charge in [0.1, 0.15) is 11.9 Å². The lowest BCUT2D eigenvalue weighted by Crippen LogP contribution is -2.56. The van der Waals surface area contributed by atoms with E-state index in [2.05, 4.69) is 15.6 Å². The normalized spacial score (nSPS) is 18.7. The molecule has 2 fully saturated rings. The van der Waals surface area contributed by atoms with Crippen LogP contribution in [0.3, 0.4) is 0 Å². The first-order valence-electron chi connectivity index (χ1n) is 18.4. The predicted molar refractivity (Wildman–Crippen MR) is 204 cm³/mol. The van der Waals surface area contributed by atoms with Gasteiger partial charge in [0.2, 0.25) is 17.7 Å². The van der Waals surface area contributed by atoms with Crippen LogP contribution in [0, 0.1) is 23.6 Å². The van der Waals surface area contributed by atoms with Gasteiger partial charge in [0.15, 0.2) is 11.5 Å². The lowest BCUT2D eigenvalue weighted by molar-refractivity contribution is -0.140. The van der Waals surface area contributed by atoms with Crippen LogP contribution in [0.2, 0.25) is 5.02 Å². The first-order valence-corrected chi connectivity index (χ1v) is 18.8. The molecule has 0 aliphatic carbocycles. The number of H-pyrrole nitrogens is 1. The van der Waals surface area contributed by atoms with Crippen LogP contribution in [0.1, 0.15) is 48.2 Å². The molecule has 13 heteroatoms. The van der Waals surface area contributed by atoms with E-state index < -0.39 is 12.0 Å². The molecule has 4 aromatic rings. The molecule has 286 valence electrons. The minimum Gasteiger partial charge on any atom is -0.493 e. The summed E-state index contributed by atoms with van der Waals surface area (Å²) in [5.41, 5.74) is 3.00. The molecular weight excluding hydrogens is 713 g/mol. The van der Waals surface area contributed by atoms with Crippen molar-refractivity contribution in [2.24, 2.45) is 17.8 Å². The van der Waals surface area contributed by atoms with E-state index >= 15 is 0 Å². The second-order valence-electron chi connectivity index (χ2n) is 14.4. The molecule has 2 aliphatic rings. The van der Waals surface area contributed by atoms with Crippen molar-refractivity contribution in [3.63, 3.8) is 0 Å². The average molecular weight is 760 g/mol. The van der Waals surface area contributed by atoms with Crippen molar-refractivity contribution in [2.75, 3.05) is 40.3 Å². The molecule has 2 aliphatic heterocycles. The van der Waals surface area contributed by atoms with Gasteiger partial charge < -0.3 is 34.9 Å². The van der Waals surface area contributed by atoms with Gasteiger partial charge in [-0.1, -0.05) is 29.8 Å². The standard InChI is InChI=1S/C41H47ClFN5O6/c1-24(2)54-36-15-10-26(16-37(36)53-4)41(52)48-21-28-20-47(38(49)17-27-19-45-35-18-29(42)11-14-31(27)35)23-33(32(28)22-48)39(50)46-34(40(51)44-3)7-5-6-25-8-12-30(43)13-9-25/h8-16,18-19,24,28,32-34,45H,5-7,17,20-23H2,1-4H3,(H,44,51)(H,46,50)/t28?,32?,33?,34-/m0/s1. The summed E-state index contributed by atoms with van der Waals surface area (Å²) in [6, 6.07) is 16.0. The van der Waals surface area contributed by atoms with Gasteiger partial charge in [0.25, 0.3) is 5.91 Å². The Morgan fingerprint density at radius 3 is 2.44 bits per heavy atom. The molecule has 4 atom stereocenters. The van der Waals surface area contributed by atoms with Crippen LogP contribution in [0.5, 0.6) is 11.5 Å². The molecule has 3 unspecified atom stereocenters. The topological polar surface area (TPSA) is 133 Å². The van der Waals surface area contributed by atoms with E-state index in [0.717, 1.165) is 22.0 Å². The van der Waals surface area contributed by atoms with E-state index in [0.29, 0.717) is 61.0 Å². The molecule has 11 nitrogen and oxygen atoms in total. The number of methoxy groups -OCH3 is 1. The van der Waals surface area contributed by atoms with Gasteiger partial charge >= 0.3 is 0 Å². The number of piperidine rings is 1. The van der Waals surface area contributed by atoms with E-state index in [1.165, 1.54) is 26.3 Å². The molecule has 2 saturated heterocycles. The number of hydrogen-bond donors (Lipinski definition) is 3.